The minimum atomic E-state index is 0.383. The highest BCUT2D eigenvalue weighted by molar-refractivity contribution is 5.77. The molecule has 5 heteroatoms. The van der Waals surface area contributed by atoms with Crippen LogP contribution in [0.4, 0.5) is 5.69 Å². The fraction of sp³-hybridized carbons (Fsp3) is 0.462. The number of aromatic nitrogens is 1. The minimum absolute atomic E-state index is 0.383. The number of fused-ring (bicyclic) bond motifs is 1. The summed E-state index contributed by atoms with van der Waals surface area (Å²) in [5.41, 5.74) is 2.85. The average molecular weight is 247 g/mol. The number of hydrogen-bond acceptors (Lipinski definition) is 5. The van der Waals surface area contributed by atoms with Gasteiger partial charge in [-0.1, -0.05) is 0 Å². The SMILES string of the molecule is CN(CC1COCCN1)c1ccc2ncoc2c1. The lowest BCUT2D eigenvalue weighted by Gasteiger charge is -2.29. The van der Waals surface area contributed by atoms with Gasteiger partial charge in [0.15, 0.2) is 12.0 Å². The highest BCUT2D eigenvalue weighted by Gasteiger charge is 2.15. The van der Waals surface area contributed by atoms with Crippen LogP contribution in [0.15, 0.2) is 29.0 Å². The molecule has 0 bridgehead atoms. The van der Waals surface area contributed by atoms with Crippen molar-refractivity contribution in [3.05, 3.63) is 24.6 Å². The number of ether oxygens (including phenoxy) is 1. The highest BCUT2D eigenvalue weighted by atomic mass is 16.5. The minimum Gasteiger partial charge on any atom is -0.443 e. The number of likely N-dealkylation sites (N-methyl/N-ethyl adjacent to an activating group) is 1. The molecule has 0 aliphatic carbocycles. The van der Waals surface area contributed by atoms with Crippen molar-refractivity contribution in [2.24, 2.45) is 0 Å². The van der Waals surface area contributed by atoms with Crippen molar-refractivity contribution in [3.63, 3.8) is 0 Å². The normalized spacial score (nSPS) is 20.2. The molecule has 0 saturated carbocycles. The third-order valence-corrected chi connectivity index (χ3v) is 3.25. The van der Waals surface area contributed by atoms with Crippen molar-refractivity contribution in [1.82, 2.24) is 10.3 Å². The lowest BCUT2D eigenvalue weighted by molar-refractivity contribution is 0.0791. The summed E-state index contributed by atoms with van der Waals surface area (Å²) in [6.45, 7) is 3.43. The van der Waals surface area contributed by atoms with Gasteiger partial charge in [-0.25, -0.2) is 4.98 Å². The van der Waals surface area contributed by atoms with E-state index in [0.29, 0.717) is 6.04 Å². The topological polar surface area (TPSA) is 50.5 Å². The molecule has 2 heterocycles. The standard InChI is InChI=1S/C13H17N3O2/c1-16(7-10-8-17-5-4-14-10)11-2-3-12-13(6-11)18-9-15-12/h2-3,6,9-10,14H,4-5,7-8H2,1H3. The zero-order chi connectivity index (χ0) is 12.4. The fourth-order valence-corrected chi connectivity index (χ4v) is 2.25. The van der Waals surface area contributed by atoms with Gasteiger partial charge in [-0.15, -0.1) is 0 Å². The Morgan fingerprint density at radius 1 is 1.50 bits per heavy atom. The summed E-state index contributed by atoms with van der Waals surface area (Å²) < 4.78 is 10.8. The first kappa shape index (κ1) is 11.5. The zero-order valence-electron chi connectivity index (χ0n) is 10.4. The van der Waals surface area contributed by atoms with Crippen molar-refractivity contribution >= 4 is 16.8 Å². The first-order chi connectivity index (χ1) is 8.83. The molecule has 1 saturated heterocycles. The molecule has 18 heavy (non-hydrogen) atoms. The van der Waals surface area contributed by atoms with Gasteiger partial charge in [0.05, 0.1) is 13.2 Å². The Morgan fingerprint density at radius 3 is 3.28 bits per heavy atom. The summed E-state index contributed by atoms with van der Waals surface area (Å²) in [6, 6.07) is 6.45. The van der Waals surface area contributed by atoms with Crippen molar-refractivity contribution in [2.45, 2.75) is 6.04 Å². The van der Waals surface area contributed by atoms with E-state index in [1.807, 2.05) is 12.1 Å². The summed E-state index contributed by atoms with van der Waals surface area (Å²) in [4.78, 5) is 6.32. The van der Waals surface area contributed by atoms with Crippen molar-refractivity contribution < 1.29 is 9.15 Å². The Hall–Kier alpha value is -1.59. The number of oxazole rings is 1. The van der Waals surface area contributed by atoms with Crippen molar-refractivity contribution in [1.29, 1.82) is 0 Å². The number of morpholine rings is 1. The molecule has 96 valence electrons. The first-order valence-corrected chi connectivity index (χ1v) is 6.18. The van der Waals surface area contributed by atoms with E-state index in [1.54, 1.807) is 0 Å². The van der Waals surface area contributed by atoms with E-state index in [2.05, 4.69) is 28.3 Å². The Balaban J connectivity index is 1.72. The van der Waals surface area contributed by atoms with E-state index in [0.717, 1.165) is 43.1 Å². The van der Waals surface area contributed by atoms with E-state index >= 15 is 0 Å². The Labute approximate surface area is 106 Å². The van der Waals surface area contributed by atoms with Crippen LogP contribution in [0.3, 0.4) is 0 Å². The smallest absolute Gasteiger partial charge is 0.181 e. The van der Waals surface area contributed by atoms with Gasteiger partial charge >= 0.3 is 0 Å². The third-order valence-electron chi connectivity index (χ3n) is 3.25. The van der Waals surface area contributed by atoms with E-state index in [4.69, 9.17) is 9.15 Å². The lowest BCUT2D eigenvalue weighted by Crippen LogP contribution is -2.47. The molecule has 1 aliphatic rings. The van der Waals surface area contributed by atoms with Gasteiger partial charge in [0.2, 0.25) is 0 Å². The maximum Gasteiger partial charge on any atom is 0.181 e. The van der Waals surface area contributed by atoms with Crippen LogP contribution in [0.25, 0.3) is 11.1 Å². The molecule has 3 rings (SSSR count). The summed E-state index contributed by atoms with van der Waals surface area (Å²) in [6.07, 6.45) is 1.48. The zero-order valence-corrected chi connectivity index (χ0v) is 10.4. The maximum absolute atomic E-state index is 5.46. The van der Waals surface area contributed by atoms with Crippen LogP contribution in [0.2, 0.25) is 0 Å². The van der Waals surface area contributed by atoms with Gasteiger partial charge in [0.1, 0.15) is 5.52 Å². The molecule has 1 N–H and O–H groups in total. The molecule has 1 unspecified atom stereocenters. The number of nitrogens with one attached hydrogen (secondary N) is 1. The van der Waals surface area contributed by atoms with Gasteiger partial charge in [0, 0.05) is 37.9 Å². The molecule has 1 aliphatic heterocycles. The largest absolute Gasteiger partial charge is 0.443 e. The predicted molar refractivity (Wildman–Crippen MR) is 69.9 cm³/mol. The van der Waals surface area contributed by atoms with E-state index in [1.165, 1.54) is 6.39 Å². The van der Waals surface area contributed by atoms with Crippen LogP contribution in [-0.2, 0) is 4.74 Å². The fourth-order valence-electron chi connectivity index (χ4n) is 2.25. The number of anilines is 1. The number of benzene rings is 1. The quantitative estimate of drug-likeness (QED) is 0.884. The summed E-state index contributed by atoms with van der Waals surface area (Å²) in [7, 11) is 2.08. The first-order valence-electron chi connectivity index (χ1n) is 6.18. The summed E-state index contributed by atoms with van der Waals surface area (Å²) in [5, 5.41) is 3.45. The molecule has 1 fully saturated rings. The third kappa shape index (κ3) is 2.32. The monoisotopic (exact) mass is 247 g/mol. The van der Waals surface area contributed by atoms with E-state index in [9.17, 15) is 0 Å². The molecule has 0 radical (unpaired) electrons. The second kappa shape index (κ2) is 4.96. The molecular formula is C13H17N3O2. The predicted octanol–water partition coefficient (Wildman–Crippen LogP) is 1.25. The van der Waals surface area contributed by atoms with E-state index in [-0.39, 0.29) is 0 Å². The van der Waals surface area contributed by atoms with Gasteiger partial charge in [0.25, 0.3) is 0 Å². The van der Waals surface area contributed by atoms with Crippen LogP contribution in [0.5, 0.6) is 0 Å². The van der Waals surface area contributed by atoms with Gasteiger partial charge in [-0.3, -0.25) is 0 Å². The molecule has 1 aromatic heterocycles. The second-order valence-corrected chi connectivity index (χ2v) is 4.61. The Kier molecular flexibility index (Phi) is 3.17. The number of nitrogens with zero attached hydrogens (tertiary/aromatic N) is 2. The van der Waals surface area contributed by atoms with E-state index < -0.39 is 0 Å². The Bertz CT molecular complexity index is 520. The summed E-state index contributed by atoms with van der Waals surface area (Å²) in [5.74, 6) is 0. The van der Waals surface area contributed by atoms with Crippen LogP contribution in [0.1, 0.15) is 0 Å². The molecule has 2 aromatic rings. The molecular weight excluding hydrogens is 230 g/mol. The summed E-state index contributed by atoms with van der Waals surface area (Å²) >= 11 is 0. The second-order valence-electron chi connectivity index (χ2n) is 4.61. The highest BCUT2D eigenvalue weighted by Crippen LogP contribution is 2.20. The van der Waals surface area contributed by atoms with Gasteiger partial charge < -0.3 is 19.4 Å². The molecule has 5 nitrogen and oxygen atoms in total. The molecule has 1 atom stereocenters. The molecule has 1 aromatic carbocycles. The van der Waals surface area contributed by atoms with Crippen LogP contribution < -0.4 is 10.2 Å². The number of rotatable bonds is 3. The maximum atomic E-state index is 5.46. The van der Waals surface area contributed by atoms with Gasteiger partial charge in [-0.05, 0) is 12.1 Å². The van der Waals surface area contributed by atoms with Crippen LogP contribution in [-0.4, -0.2) is 44.4 Å². The van der Waals surface area contributed by atoms with Crippen molar-refractivity contribution in [3.8, 4) is 0 Å². The van der Waals surface area contributed by atoms with Crippen molar-refractivity contribution in [2.75, 3.05) is 38.3 Å². The van der Waals surface area contributed by atoms with Crippen LogP contribution in [0, 0.1) is 0 Å². The molecule has 0 spiro atoms. The Morgan fingerprint density at radius 2 is 2.44 bits per heavy atom. The van der Waals surface area contributed by atoms with Gasteiger partial charge in [-0.2, -0.15) is 0 Å². The number of hydrogen-bond donors (Lipinski definition) is 1. The average Bonchev–Trinajstić information content (AvgIpc) is 2.87. The molecule has 0 amide bonds. The van der Waals surface area contributed by atoms with Crippen LogP contribution >= 0.6 is 0 Å². The lowest BCUT2D eigenvalue weighted by atomic mass is 10.2.